The Morgan fingerprint density at radius 2 is 1.62 bits per heavy atom. The smallest absolute Gasteiger partial charge is 0.408 e. The average molecular weight is 634 g/mol. The van der Waals surface area contributed by atoms with Gasteiger partial charge in [0, 0.05) is 19.6 Å². The van der Waals surface area contributed by atoms with Crippen molar-refractivity contribution in [3.8, 4) is 5.75 Å². The lowest BCUT2D eigenvalue weighted by Gasteiger charge is -2.43. The second-order valence-electron chi connectivity index (χ2n) is 12.0. The first kappa shape index (κ1) is 31.1. The van der Waals surface area contributed by atoms with Gasteiger partial charge in [0.2, 0.25) is 10.0 Å². The molecule has 3 aromatic rings. The van der Waals surface area contributed by atoms with Crippen LogP contribution in [0.3, 0.4) is 0 Å². The molecular formula is C34H39N3O7S. The highest BCUT2D eigenvalue weighted by atomic mass is 32.2. The number of ether oxygens (including phenoxy) is 3. The molecule has 4 fully saturated rings. The number of hydrogen-bond donors (Lipinski definition) is 1. The van der Waals surface area contributed by atoms with Crippen molar-refractivity contribution in [2.75, 3.05) is 39.8 Å². The van der Waals surface area contributed by atoms with E-state index in [4.69, 9.17) is 9.47 Å². The lowest BCUT2D eigenvalue weighted by atomic mass is 9.86. The molecule has 45 heavy (non-hydrogen) atoms. The Morgan fingerprint density at radius 3 is 2.29 bits per heavy atom. The third kappa shape index (κ3) is 7.32. The molecule has 4 aliphatic heterocycles. The number of amides is 1. The molecule has 4 heterocycles. The third-order valence-corrected chi connectivity index (χ3v) is 10.9. The van der Waals surface area contributed by atoms with Crippen LogP contribution in [-0.2, 0) is 30.9 Å². The molecule has 0 radical (unpaired) electrons. The van der Waals surface area contributed by atoms with Gasteiger partial charge in [-0.1, -0.05) is 54.6 Å². The van der Waals surface area contributed by atoms with Crippen molar-refractivity contribution in [3.05, 3.63) is 95.6 Å². The molecule has 1 amide bonds. The number of alkyl carbamates (subject to hydrolysis) is 1. The van der Waals surface area contributed by atoms with Gasteiger partial charge < -0.3 is 19.5 Å². The highest BCUT2D eigenvalue weighted by Crippen LogP contribution is 2.31. The van der Waals surface area contributed by atoms with Crippen LogP contribution in [0.4, 0.5) is 4.79 Å². The number of carbonyl (C=O) groups excluding carboxylic acids is 2. The van der Waals surface area contributed by atoms with Crippen molar-refractivity contribution in [2.24, 2.45) is 11.8 Å². The number of sulfonamides is 1. The van der Waals surface area contributed by atoms with Crippen LogP contribution in [0.15, 0.2) is 83.8 Å². The van der Waals surface area contributed by atoms with Crippen molar-refractivity contribution < 1.29 is 32.2 Å². The number of piperidine rings is 3. The summed E-state index contributed by atoms with van der Waals surface area (Å²) in [5, 5.41) is 3.09. The Labute approximate surface area is 264 Å². The van der Waals surface area contributed by atoms with E-state index in [1.54, 1.807) is 24.3 Å². The van der Waals surface area contributed by atoms with Gasteiger partial charge in [-0.25, -0.2) is 13.2 Å². The zero-order chi connectivity index (χ0) is 31.4. The molecule has 0 aliphatic carbocycles. The second kappa shape index (κ2) is 13.6. The van der Waals surface area contributed by atoms with Gasteiger partial charge in [0.1, 0.15) is 18.5 Å². The van der Waals surface area contributed by atoms with Crippen LogP contribution in [0, 0.1) is 11.8 Å². The van der Waals surface area contributed by atoms with Crippen LogP contribution in [0.5, 0.6) is 5.75 Å². The third-order valence-electron chi connectivity index (χ3n) is 9.01. The van der Waals surface area contributed by atoms with Gasteiger partial charge in [0.15, 0.2) is 0 Å². The first-order valence-electron chi connectivity index (χ1n) is 15.4. The number of rotatable bonds is 11. The largest absolute Gasteiger partial charge is 0.489 e. The highest BCUT2D eigenvalue weighted by Gasteiger charge is 2.38. The minimum Gasteiger partial charge on any atom is -0.489 e. The number of methoxy groups -OCH3 is 1. The van der Waals surface area contributed by atoms with Crippen LogP contribution < -0.4 is 10.1 Å². The molecule has 0 saturated carbocycles. The fraction of sp³-hybridized carbons (Fsp3) is 0.412. The lowest BCUT2D eigenvalue weighted by molar-refractivity contribution is -0.142. The molecule has 4 saturated heterocycles. The summed E-state index contributed by atoms with van der Waals surface area (Å²) >= 11 is 0. The molecule has 0 aromatic heterocycles. The molecule has 1 N–H and O–H groups in total. The van der Waals surface area contributed by atoms with E-state index in [9.17, 15) is 18.0 Å². The molecule has 4 aliphatic rings. The maximum absolute atomic E-state index is 13.1. The van der Waals surface area contributed by atoms with Crippen molar-refractivity contribution >= 4 is 22.1 Å². The zero-order valence-electron chi connectivity index (χ0n) is 25.3. The van der Waals surface area contributed by atoms with E-state index in [1.165, 1.54) is 11.4 Å². The van der Waals surface area contributed by atoms with Crippen LogP contribution in [-0.4, -0.2) is 75.6 Å². The number of benzene rings is 3. The maximum atomic E-state index is 13.1. The molecule has 238 valence electrons. The average Bonchev–Trinajstić information content (AvgIpc) is 3.05. The van der Waals surface area contributed by atoms with Crippen molar-refractivity contribution in [2.45, 2.75) is 42.9 Å². The summed E-state index contributed by atoms with van der Waals surface area (Å²) in [6.07, 6.45) is 1.83. The molecule has 11 heteroatoms. The molecule has 10 nitrogen and oxygen atoms in total. The standard InChI is InChI=1S/C34H39N3O7S/c1-42-32(38)18-25-20-37(21-25)45(40,41)30-12-10-24(11-13-30)23-43-29-9-5-8-28(19-29)33(27-6-3-2-4-7-27)35-34(39)44-31-22-36-16-14-26(31)15-17-36/h2-13,19,25-26,31,33H,14-18,20-23H2,1H3,(H,35,39)/t31-,33-/m0/s1. The summed E-state index contributed by atoms with van der Waals surface area (Å²) in [5.41, 5.74) is 2.59. The van der Waals surface area contributed by atoms with E-state index in [0.29, 0.717) is 24.8 Å². The fourth-order valence-corrected chi connectivity index (χ4v) is 7.95. The van der Waals surface area contributed by atoms with E-state index in [-0.39, 0.29) is 35.9 Å². The first-order valence-corrected chi connectivity index (χ1v) is 16.9. The molecular weight excluding hydrogens is 594 g/mol. The highest BCUT2D eigenvalue weighted by molar-refractivity contribution is 7.89. The zero-order valence-corrected chi connectivity index (χ0v) is 26.2. The van der Waals surface area contributed by atoms with E-state index >= 15 is 0 Å². The number of nitrogens with zero attached hydrogens (tertiary/aromatic N) is 2. The number of hydrogen-bond acceptors (Lipinski definition) is 8. The predicted molar refractivity (Wildman–Crippen MR) is 167 cm³/mol. The number of esters is 1. The Balaban J connectivity index is 1.08. The van der Waals surface area contributed by atoms with E-state index in [1.807, 2.05) is 54.6 Å². The second-order valence-corrected chi connectivity index (χ2v) is 14.0. The Kier molecular flexibility index (Phi) is 9.39. The van der Waals surface area contributed by atoms with Gasteiger partial charge in [-0.15, -0.1) is 0 Å². The minimum absolute atomic E-state index is 0.0248. The summed E-state index contributed by atoms with van der Waals surface area (Å²) in [6.45, 7) is 3.78. The topological polar surface area (TPSA) is 114 Å². The van der Waals surface area contributed by atoms with Crippen molar-refractivity contribution in [1.82, 2.24) is 14.5 Å². The van der Waals surface area contributed by atoms with Crippen molar-refractivity contribution in [1.29, 1.82) is 0 Å². The van der Waals surface area contributed by atoms with Crippen LogP contribution in [0.25, 0.3) is 0 Å². The van der Waals surface area contributed by atoms with Gasteiger partial charge >= 0.3 is 12.1 Å². The van der Waals surface area contributed by atoms with Gasteiger partial charge in [-0.3, -0.25) is 9.69 Å². The number of fused-ring (bicyclic) bond motifs is 3. The summed E-state index contributed by atoms with van der Waals surface area (Å²) in [5.74, 6) is 0.682. The summed E-state index contributed by atoms with van der Waals surface area (Å²) < 4.78 is 44.0. The van der Waals surface area contributed by atoms with E-state index in [0.717, 1.165) is 49.2 Å². The SMILES string of the molecule is COC(=O)CC1CN(S(=O)(=O)c2ccc(COc3cccc([C@@H](NC(=O)O[C@H]4CN5CCC4CC5)c4ccccc4)c3)cc2)C1. The van der Waals surface area contributed by atoms with Crippen LogP contribution >= 0.6 is 0 Å². The minimum atomic E-state index is -3.63. The van der Waals surface area contributed by atoms with Gasteiger partial charge in [0.25, 0.3) is 0 Å². The monoisotopic (exact) mass is 633 g/mol. The molecule has 7 rings (SSSR count). The fourth-order valence-electron chi connectivity index (χ4n) is 6.36. The van der Waals surface area contributed by atoms with Crippen LogP contribution in [0.1, 0.15) is 42.0 Å². The lowest BCUT2D eigenvalue weighted by Crippen LogP contribution is -2.52. The molecule has 3 aromatic carbocycles. The van der Waals surface area contributed by atoms with Crippen molar-refractivity contribution in [3.63, 3.8) is 0 Å². The predicted octanol–water partition coefficient (Wildman–Crippen LogP) is 4.36. The van der Waals surface area contributed by atoms with Gasteiger partial charge in [-0.05, 0) is 78.7 Å². The van der Waals surface area contributed by atoms with Gasteiger partial charge in [-0.2, -0.15) is 4.31 Å². The number of carbonyl (C=O) groups is 2. The van der Waals surface area contributed by atoms with Gasteiger partial charge in [0.05, 0.1) is 24.5 Å². The Morgan fingerprint density at radius 1 is 0.911 bits per heavy atom. The molecule has 0 unspecified atom stereocenters. The Bertz CT molecular complexity index is 1590. The number of nitrogens with one attached hydrogen (secondary N) is 1. The first-order chi connectivity index (χ1) is 21.8. The summed E-state index contributed by atoms with van der Waals surface area (Å²) in [6, 6.07) is 23.6. The summed E-state index contributed by atoms with van der Waals surface area (Å²) in [4.78, 5) is 27.1. The quantitative estimate of drug-likeness (QED) is 0.310. The summed E-state index contributed by atoms with van der Waals surface area (Å²) in [7, 11) is -2.30. The molecule has 2 atom stereocenters. The Hall–Kier alpha value is -3.93. The maximum Gasteiger partial charge on any atom is 0.408 e. The van der Waals surface area contributed by atoms with E-state index < -0.39 is 22.2 Å². The molecule has 2 bridgehead atoms. The normalized spacial score (nSPS) is 22.2. The van der Waals surface area contributed by atoms with E-state index in [2.05, 4.69) is 15.0 Å². The van der Waals surface area contributed by atoms with Crippen LogP contribution in [0.2, 0.25) is 0 Å². The molecule has 0 spiro atoms.